The second-order valence-corrected chi connectivity index (χ2v) is 6.52. The molecule has 2 aromatic rings. The topological polar surface area (TPSA) is 32.3 Å². The molecule has 2 N–H and O–H groups in total. The molecule has 2 nitrogen and oxygen atoms in total. The van der Waals surface area contributed by atoms with Crippen molar-refractivity contribution in [1.82, 2.24) is 5.32 Å². The molecule has 0 aromatic heterocycles. The lowest BCUT2D eigenvalue weighted by atomic mass is 10.1. The van der Waals surface area contributed by atoms with Crippen LogP contribution in [0.2, 0.25) is 0 Å². The zero-order valence-corrected chi connectivity index (χ0v) is 13.5. The lowest BCUT2D eigenvalue weighted by Crippen LogP contribution is -2.23. The fourth-order valence-corrected chi connectivity index (χ4v) is 3.08. The van der Waals surface area contributed by atoms with E-state index in [1.165, 1.54) is 4.90 Å². The molecule has 0 bridgehead atoms. The summed E-state index contributed by atoms with van der Waals surface area (Å²) in [5, 5.41) is 13.4. The van der Waals surface area contributed by atoms with Gasteiger partial charge in [0.15, 0.2) is 0 Å². The molecule has 0 fully saturated rings. The number of hydrogen-bond acceptors (Lipinski definition) is 3. The van der Waals surface area contributed by atoms with E-state index in [2.05, 4.69) is 33.4 Å². The van der Waals surface area contributed by atoms with E-state index in [0.29, 0.717) is 6.54 Å². The van der Waals surface area contributed by atoms with Crippen molar-refractivity contribution in [3.05, 3.63) is 64.6 Å². The van der Waals surface area contributed by atoms with Gasteiger partial charge < -0.3 is 10.4 Å². The SMILES string of the molecule is OC(CNCCSc1ccccc1)c1cccc(Br)c1. The molecule has 1 atom stereocenters. The van der Waals surface area contributed by atoms with Gasteiger partial charge in [-0.1, -0.05) is 46.3 Å². The van der Waals surface area contributed by atoms with Crippen molar-refractivity contribution < 1.29 is 5.11 Å². The van der Waals surface area contributed by atoms with Crippen molar-refractivity contribution in [2.75, 3.05) is 18.8 Å². The van der Waals surface area contributed by atoms with E-state index in [1.807, 2.05) is 54.2 Å². The van der Waals surface area contributed by atoms with Crippen molar-refractivity contribution in [2.45, 2.75) is 11.0 Å². The molecule has 0 aliphatic rings. The Labute approximate surface area is 132 Å². The van der Waals surface area contributed by atoms with Gasteiger partial charge in [-0.2, -0.15) is 0 Å². The van der Waals surface area contributed by atoms with Gasteiger partial charge in [-0.25, -0.2) is 0 Å². The van der Waals surface area contributed by atoms with Crippen molar-refractivity contribution in [2.24, 2.45) is 0 Å². The lowest BCUT2D eigenvalue weighted by Gasteiger charge is -2.12. The summed E-state index contributed by atoms with van der Waals surface area (Å²) in [6, 6.07) is 18.1. The summed E-state index contributed by atoms with van der Waals surface area (Å²) < 4.78 is 0.994. The van der Waals surface area contributed by atoms with Gasteiger partial charge in [0.1, 0.15) is 0 Å². The number of nitrogens with one attached hydrogen (secondary N) is 1. The fraction of sp³-hybridized carbons (Fsp3) is 0.250. The van der Waals surface area contributed by atoms with Crippen LogP contribution < -0.4 is 5.32 Å². The minimum atomic E-state index is -0.464. The van der Waals surface area contributed by atoms with Crippen LogP contribution in [0, 0.1) is 0 Å². The van der Waals surface area contributed by atoms with E-state index in [9.17, 15) is 5.11 Å². The third-order valence-electron chi connectivity index (χ3n) is 2.86. The quantitative estimate of drug-likeness (QED) is 0.586. The van der Waals surface area contributed by atoms with Gasteiger partial charge in [-0.05, 0) is 29.8 Å². The molecule has 2 rings (SSSR count). The first-order chi connectivity index (χ1) is 9.75. The molecule has 2 aromatic carbocycles. The molecule has 0 radical (unpaired) electrons. The number of aliphatic hydroxyl groups excluding tert-OH is 1. The molecule has 0 saturated carbocycles. The van der Waals surface area contributed by atoms with Crippen LogP contribution in [0.25, 0.3) is 0 Å². The predicted molar refractivity (Wildman–Crippen MR) is 89.1 cm³/mol. The van der Waals surface area contributed by atoms with Crippen LogP contribution in [0.15, 0.2) is 64.0 Å². The van der Waals surface area contributed by atoms with Crippen LogP contribution in [0.3, 0.4) is 0 Å². The van der Waals surface area contributed by atoms with Crippen LogP contribution in [-0.2, 0) is 0 Å². The summed E-state index contributed by atoms with van der Waals surface area (Å²) in [5.41, 5.74) is 0.933. The number of hydrogen-bond donors (Lipinski definition) is 2. The van der Waals surface area contributed by atoms with E-state index < -0.39 is 6.10 Å². The smallest absolute Gasteiger partial charge is 0.0914 e. The summed E-state index contributed by atoms with van der Waals surface area (Å²) >= 11 is 5.23. The molecule has 4 heteroatoms. The molecule has 0 aliphatic heterocycles. The van der Waals surface area contributed by atoms with E-state index in [0.717, 1.165) is 22.3 Å². The third-order valence-corrected chi connectivity index (χ3v) is 4.37. The Hall–Kier alpha value is -0.810. The van der Waals surface area contributed by atoms with Gasteiger partial charge in [0.25, 0.3) is 0 Å². The molecule has 1 unspecified atom stereocenters. The fourth-order valence-electron chi connectivity index (χ4n) is 1.83. The second-order valence-electron chi connectivity index (χ2n) is 4.44. The normalized spacial score (nSPS) is 12.3. The van der Waals surface area contributed by atoms with Crippen LogP contribution in [-0.4, -0.2) is 23.9 Å². The minimum absolute atomic E-state index is 0.464. The Bertz CT molecular complexity index is 521. The summed E-state index contributed by atoms with van der Waals surface area (Å²) in [6.45, 7) is 1.45. The number of thioether (sulfide) groups is 1. The molecule has 0 heterocycles. The van der Waals surface area contributed by atoms with Crippen LogP contribution in [0.1, 0.15) is 11.7 Å². The molecule has 0 aliphatic carbocycles. The van der Waals surface area contributed by atoms with Gasteiger partial charge in [0, 0.05) is 28.2 Å². The molecular formula is C16H18BrNOS. The average molecular weight is 352 g/mol. The zero-order chi connectivity index (χ0) is 14.2. The predicted octanol–water partition coefficient (Wildman–Crippen LogP) is 3.86. The van der Waals surface area contributed by atoms with E-state index in [1.54, 1.807) is 0 Å². The first-order valence-corrected chi connectivity index (χ1v) is 8.35. The van der Waals surface area contributed by atoms with Gasteiger partial charge in [-0.15, -0.1) is 11.8 Å². The Morgan fingerprint density at radius 3 is 2.65 bits per heavy atom. The van der Waals surface area contributed by atoms with Crippen molar-refractivity contribution >= 4 is 27.7 Å². The summed E-state index contributed by atoms with van der Waals surface area (Å²) in [6.07, 6.45) is -0.464. The zero-order valence-electron chi connectivity index (χ0n) is 11.1. The summed E-state index contributed by atoms with van der Waals surface area (Å²) in [7, 11) is 0. The number of rotatable bonds is 7. The Balaban J connectivity index is 1.66. The van der Waals surface area contributed by atoms with Crippen molar-refractivity contribution in [3.8, 4) is 0 Å². The first-order valence-electron chi connectivity index (χ1n) is 6.58. The monoisotopic (exact) mass is 351 g/mol. The van der Waals surface area contributed by atoms with Crippen LogP contribution in [0.5, 0.6) is 0 Å². The Morgan fingerprint density at radius 2 is 1.90 bits per heavy atom. The standard InChI is InChI=1S/C16H18BrNOS/c17-14-6-4-5-13(11-14)16(19)12-18-9-10-20-15-7-2-1-3-8-15/h1-8,11,16,18-19H,9-10,12H2. The number of aliphatic hydroxyl groups is 1. The Kier molecular flexibility index (Phi) is 6.60. The lowest BCUT2D eigenvalue weighted by molar-refractivity contribution is 0.175. The number of benzene rings is 2. The van der Waals surface area contributed by atoms with Crippen molar-refractivity contribution in [1.29, 1.82) is 0 Å². The highest BCUT2D eigenvalue weighted by Gasteiger charge is 2.06. The molecule has 20 heavy (non-hydrogen) atoms. The van der Waals surface area contributed by atoms with E-state index in [-0.39, 0.29) is 0 Å². The highest BCUT2D eigenvalue weighted by atomic mass is 79.9. The van der Waals surface area contributed by atoms with Gasteiger partial charge >= 0.3 is 0 Å². The minimum Gasteiger partial charge on any atom is -0.387 e. The van der Waals surface area contributed by atoms with Crippen molar-refractivity contribution in [3.63, 3.8) is 0 Å². The molecule has 0 spiro atoms. The van der Waals surface area contributed by atoms with Gasteiger partial charge in [0.2, 0.25) is 0 Å². The maximum absolute atomic E-state index is 10.1. The average Bonchev–Trinajstić information content (AvgIpc) is 2.48. The van der Waals surface area contributed by atoms with Crippen LogP contribution in [0.4, 0.5) is 0 Å². The van der Waals surface area contributed by atoms with E-state index >= 15 is 0 Å². The molecular weight excluding hydrogens is 334 g/mol. The first kappa shape index (κ1) is 15.6. The van der Waals surface area contributed by atoms with Crippen LogP contribution >= 0.6 is 27.7 Å². The maximum atomic E-state index is 10.1. The van der Waals surface area contributed by atoms with E-state index in [4.69, 9.17) is 0 Å². The molecule has 106 valence electrons. The highest BCUT2D eigenvalue weighted by molar-refractivity contribution is 9.10. The largest absolute Gasteiger partial charge is 0.387 e. The highest BCUT2D eigenvalue weighted by Crippen LogP contribution is 2.18. The second kappa shape index (κ2) is 8.47. The summed E-state index contributed by atoms with van der Waals surface area (Å²) in [5.74, 6) is 0.995. The maximum Gasteiger partial charge on any atom is 0.0914 e. The molecule has 0 amide bonds. The molecule has 0 saturated heterocycles. The summed E-state index contributed by atoms with van der Waals surface area (Å²) in [4.78, 5) is 1.28. The Morgan fingerprint density at radius 1 is 1.10 bits per heavy atom. The van der Waals surface area contributed by atoms with Gasteiger partial charge in [0.05, 0.1) is 6.10 Å². The van der Waals surface area contributed by atoms with Gasteiger partial charge in [-0.3, -0.25) is 0 Å². The number of halogens is 1. The third kappa shape index (κ3) is 5.29.